The molecule has 2 aliphatic rings. The first kappa shape index (κ1) is 27.4. The average Bonchev–Trinajstić information content (AvgIpc) is 2.99. The fraction of sp³-hybridized carbons (Fsp3) is 0.441. The van der Waals surface area contributed by atoms with E-state index in [0.29, 0.717) is 24.1 Å². The lowest BCUT2D eigenvalue weighted by atomic mass is 9.90. The summed E-state index contributed by atoms with van der Waals surface area (Å²) in [5.41, 5.74) is 3.40. The number of rotatable bonds is 10. The highest BCUT2D eigenvalue weighted by molar-refractivity contribution is 5.94. The molecule has 0 bridgehead atoms. The summed E-state index contributed by atoms with van der Waals surface area (Å²) in [6, 6.07) is 30.0. The number of amides is 1. The normalized spacial score (nSPS) is 19.2. The molecular weight excluding hydrogens is 482 g/mol. The van der Waals surface area contributed by atoms with E-state index < -0.39 is 0 Å². The SMILES string of the molecule is CC1CCCCN1CCNC(=O)c1cccc(OC2CCN(CC(c3ccccc3)c3ccccc3)CC2)c1. The molecule has 5 heteroatoms. The van der Waals surface area contributed by atoms with E-state index in [1.165, 1.54) is 30.4 Å². The quantitative estimate of drug-likeness (QED) is 0.354. The van der Waals surface area contributed by atoms with Crippen molar-refractivity contribution in [3.8, 4) is 5.75 Å². The number of piperidine rings is 2. The fourth-order valence-corrected chi connectivity index (χ4v) is 6.05. The zero-order valence-corrected chi connectivity index (χ0v) is 23.3. The van der Waals surface area contributed by atoms with E-state index in [1.807, 2.05) is 24.3 Å². The Bertz CT molecular complexity index is 1120. The summed E-state index contributed by atoms with van der Waals surface area (Å²) in [6.07, 6.45) is 5.98. The lowest BCUT2D eigenvalue weighted by Crippen LogP contribution is -2.42. The molecule has 1 N–H and O–H groups in total. The first-order chi connectivity index (χ1) is 19.2. The topological polar surface area (TPSA) is 44.8 Å². The van der Waals surface area contributed by atoms with Gasteiger partial charge in [0.05, 0.1) is 0 Å². The monoisotopic (exact) mass is 525 g/mol. The van der Waals surface area contributed by atoms with E-state index in [2.05, 4.69) is 82.7 Å². The summed E-state index contributed by atoms with van der Waals surface area (Å²) in [6.45, 7) is 8.05. The number of likely N-dealkylation sites (tertiary alicyclic amines) is 2. The van der Waals surface area contributed by atoms with Gasteiger partial charge in [-0.15, -0.1) is 0 Å². The van der Waals surface area contributed by atoms with E-state index >= 15 is 0 Å². The molecule has 3 aromatic rings. The first-order valence-corrected chi connectivity index (χ1v) is 14.8. The number of hydrogen-bond donors (Lipinski definition) is 1. The van der Waals surface area contributed by atoms with Crippen LogP contribution in [0.3, 0.4) is 0 Å². The minimum atomic E-state index is -0.0206. The molecule has 0 spiro atoms. The zero-order valence-electron chi connectivity index (χ0n) is 23.3. The van der Waals surface area contributed by atoms with Gasteiger partial charge in [0, 0.05) is 50.2 Å². The fourth-order valence-electron chi connectivity index (χ4n) is 6.05. The average molecular weight is 526 g/mol. The molecule has 2 aliphatic heterocycles. The van der Waals surface area contributed by atoms with Crippen LogP contribution < -0.4 is 10.1 Å². The van der Waals surface area contributed by atoms with Gasteiger partial charge in [-0.2, -0.15) is 0 Å². The van der Waals surface area contributed by atoms with Crippen LogP contribution in [-0.4, -0.2) is 67.1 Å². The van der Waals surface area contributed by atoms with Gasteiger partial charge in [0.25, 0.3) is 5.91 Å². The maximum absolute atomic E-state index is 12.8. The molecule has 2 fully saturated rings. The van der Waals surface area contributed by atoms with Gasteiger partial charge in [-0.25, -0.2) is 0 Å². The highest BCUT2D eigenvalue weighted by Crippen LogP contribution is 2.28. The Morgan fingerprint density at radius 1 is 0.872 bits per heavy atom. The van der Waals surface area contributed by atoms with Gasteiger partial charge in [0.1, 0.15) is 11.9 Å². The van der Waals surface area contributed by atoms with Gasteiger partial charge in [0.15, 0.2) is 0 Å². The van der Waals surface area contributed by atoms with Crippen LogP contribution in [0.25, 0.3) is 0 Å². The van der Waals surface area contributed by atoms with Gasteiger partial charge in [-0.3, -0.25) is 9.69 Å². The van der Waals surface area contributed by atoms with Gasteiger partial charge in [-0.1, -0.05) is 73.2 Å². The van der Waals surface area contributed by atoms with Gasteiger partial charge < -0.3 is 15.0 Å². The van der Waals surface area contributed by atoms with Crippen molar-refractivity contribution in [3.05, 3.63) is 102 Å². The predicted octanol–water partition coefficient (Wildman–Crippen LogP) is 5.97. The van der Waals surface area contributed by atoms with Crippen molar-refractivity contribution in [1.29, 1.82) is 0 Å². The van der Waals surface area contributed by atoms with Gasteiger partial charge >= 0.3 is 0 Å². The second-order valence-corrected chi connectivity index (χ2v) is 11.2. The van der Waals surface area contributed by atoms with Crippen LogP contribution in [-0.2, 0) is 0 Å². The number of carbonyl (C=O) groups excluding carboxylic acids is 1. The Balaban J connectivity index is 1.11. The van der Waals surface area contributed by atoms with Crippen molar-refractivity contribution in [1.82, 2.24) is 15.1 Å². The minimum absolute atomic E-state index is 0.0206. The van der Waals surface area contributed by atoms with Crippen LogP contribution in [0.1, 0.15) is 66.4 Å². The molecule has 0 aromatic heterocycles. The lowest BCUT2D eigenvalue weighted by molar-refractivity contribution is 0.0929. The Morgan fingerprint density at radius 3 is 2.23 bits per heavy atom. The van der Waals surface area contributed by atoms with Crippen molar-refractivity contribution >= 4 is 5.91 Å². The third-order valence-electron chi connectivity index (χ3n) is 8.40. The van der Waals surface area contributed by atoms with Crippen LogP contribution in [0.5, 0.6) is 5.75 Å². The first-order valence-electron chi connectivity index (χ1n) is 14.8. The summed E-state index contributed by atoms with van der Waals surface area (Å²) in [5.74, 6) is 1.13. The summed E-state index contributed by atoms with van der Waals surface area (Å²) >= 11 is 0. The Morgan fingerprint density at radius 2 is 1.56 bits per heavy atom. The van der Waals surface area contributed by atoms with Crippen LogP contribution in [0.4, 0.5) is 0 Å². The third-order valence-corrected chi connectivity index (χ3v) is 8.40. The Labute approximate surface area is 234 Å². The van der Waals surface area contributed by atoms with E-state index in [9.17, 15) is 4.79 Å². The smallest absolute Gasteiger partial charge is 0.251 e. The largest absolute Gasteiger partial charge is 0.490 e. The second-order valence-electron chi connectivity index (χ2n) is 11.2. The zero-order chi connectivity index (χ0) is 26.9. The third kappa shape index (κ3) is 7.71. The summed E-state index contributed by atoms with van der Waals surface area (Å²) in [4.78, 5) is 17.9. The van der Waals surface area contributed by atoms with E-state index in [1.54, 1.807) is 0 Å². The molecule has 2 heterocycles. The van der Waals surface area contributed by atoms with Gasteiger partial charge in [0.2, 0.25) is 0 Å². The van der Waals surface area contributed by atoms with E-state index in [-0.39, 0.29) is 12.0 Å². The molecule has 206 valence electrons. The molecule has 0 saturated carbocycles. The number of carbonyl (C=O) groups is 1. The summed E-state index contributed by atoms with van der Waals surface area (Å²) < 4.78 is 6.37. The van der Waals surface area contributed by atoms with Crippen LogP contribution in [0.2, 0.25) is 0 Å². The van der Waals surface area contributed by atoms with Crippen LogP contribution in [0, 0.1) is 0 Å². The standard InChI is InChI=1S/C34H43N3O2/c1-27-11-8-9-21-37(27)24-20-35-34(38)30-16-10-17-32(25-30)39-31-18-22-36(23-19-31)26-33(28-12-4-2-5-13-28)29-14-6-3-7-15-29/h2-7,10,12-17,25,27,31,33H,8-9,11,18-24,26H2,1H3,(H,35,38). The Kier molecular flexibility index (Phi) is 9.68. The lowest BCUT2D eigenvalue weighted by Gasteiger charge is -2.34. The van der Waals surface area contributed by atoms with Crippen molar-refractivity contribution in [2.75, 3.05) is 39.3 Å². The van der Waals surface area contributed by atoms with Crippen molar-refractivity contribution < 1.29 is 9.53 Å². The highest BCUT2D eigenvalue weighted by atomic mass is 16.5. The molecular formula is C34H43N3O2. The number of nitrogens with zero attached hydrogens (tertiary/aromatic N) is 2. The summed E-state index contributed by atoms with van der Waals surface area (Å²) in [7, 11) is 0. The number of hydrogen-bond acceptors (Lipinski definition) is 4. The highest BCUT2D eigenvalue weighted by Gasteiger charge is 2.25. The van der Waals surface area contributed by atoms with Crippen molar-refractivity contribution in [2.24, 2.45) is 0 Å². The van der Waals surface area contributed by atoms with E-state index in [4.69, 9.17) is 4.74 Å². The molecule has 39 heavy (non-hydrogen) atoms. The molecule has 0 aliphatic carbocycles. The number of nitrogens with one attached hydrogen (secondary N) is 1. The van der Waals surface area contributed by atoms with Gasteiger partial charge in [-0.05, 0) is 68.5 Å². The number of ether oxygens (including phenoxy) is 1. The van der Waals surface area contributed by atoms with Crippen LogP contribution in [0.15, 0.2) is 84.9 Å². The predicted molar refractivity (Wildman–Crippen MR) is 158 cm³/mol. The molecule has 1 unspecified atom stereocenters. The summed E-state index contributed by atoms with van der Waals surface area (Å²) in [5, 5.41) is 3.11. The second kappa shape index (κ2) is 13.8. The van der Waals surface area contributed by atoms with Crippen molar-refractivity contribution in [2.45, 2.75) is 57.1 Å². The van der Waals surface area contributed by atoms with Crippen LogP contribution >= 0.6 is 0 Å². The molecule has 5 nitrogen and oxygen atoms in total. The molecule has 5 rings (SSSR count). The molecule has 1 amide bonds. The minimum Gasteiger partial charge on any atom is -0.490 e. The molecule has 1 atom stereocenters. The maximum atomic E-state index is 12.8. The van der Waals surface area contributed by atoms with E-state index in [0.717, 1.165) is 51.3 Å². The molecule has 3 aromatic carbocycles. The molecule has 0 radical (unpaired) electrons. The Hall–Kier alpha value is -3.15. The molecule has 2 saturated heterocycles. The van der Waals surface area contributed by atoms with Crippen molar-refractivity contribution in [3.63, 3.8) is 0 Å². The number of benzene rings is 3. The maximum Gasteiger partial charge on any atom is 0.251 e.